The molecule has 0 spiro atoms. The largest absolute Gasteiger partial charge is 0.480 e. The van der Waals surface area contributed by atoms with E-state index in [-0.39, 0.29) is 24.8 Å². The molecule has 1 unspecified atom stereocenters. The van der Waals surface area contributed by atoms with Crippen LogP contribution < -0.4 is 16.0 Å². The van der Waals surface area contributed by atoms with Crippen LogP contribution in [-0.2, 0) is 9.59 Å². The second-order valence-corrected chi connectivity index (χ2v) is 4.94. The summed E-state index contributed by atoms with van der Waals surface area (Å²) in [5, 5.41) is 16.6. The van der Waals surface area contributed by atoms with Crippen LogP contribution >= 0.6 is 0 Å². The number of amides is 3. The average molecular weight is 271 g/mol. The zero-order valence-electron chi connectivity index (χ0n) is 11.3. The van der Waals surface area contributed by atoms with Crippen molar-refractivity contribution in [3.05, 3.63) is 0 Å². The summed E-state index contributed by atoms with van der Waals surface area (Å²) in [6, 6.07) is -0.549. The molecular weight excluding hydrogens is 250 g/mol. The van der Waals surface area contributed by atoms with Gasteiger partial charge in [0.1, 0.15) is 5.54 Å². The molecule has 1 rings (SSSR count). The first kappa shape index (κ1) is 15.3. The number of carboxylic acid groups (broad SMARTS) is 1. The number of aliphatic carboxylic acids is 1. The standard InChI is InChI=1S/C12H21N3O4/c1-3-12(2,10(17)18)15-11(19)14-7-6-13-9(16)8-4-5-8/h8H,3-7H2,1-2H3,(H,13,16)(H,17,18)(H2,14,15,19). The summed E-state index contributed by atoms with van der Waals surface area (Å²) < 4.78 is 0. The Balaban J connectivity index is 2.19. The monoisotopic (exact) mass is 271 g/mol. The fourth-order valence-electron chi connectivity index (χ4n) is 1.44. The van der Waals surface area contributed by atoms with E-state index in [1.165, 1.54) is 6.92 Å². The van der Waals surface area contributed by atoms with E-state index < -0.39 is 17.5 Å². The third-order valence-electron chi connectivity index (χ3n) is 3.23. The second-order valence-electron chi connectivity index (χ2n) is 4.94. The van der Waals surface area contributed by atoms with Gasteiger partial charge in [0, 0.05) is 19.0 Å². The molecule has 1 saturated carbocycles. The molecule has 7 nitrogen and oxygen atoms in total. The Bertz CT molecular complexity index is 368. The third kappa shape index (κ3) is 4.76. The Kier molecular flexibility index (Phi) is 5.14. The van der Waals surface area contributed by atoms with E-state index in [9.17, 15) is 14.4 Å². The van der Waals surface area contributed by atoms with E-state index in [0.29, 0.717) is 6.54 Å². The fraction of sp³-hybridized carbons (Fsp3) is 0.750. The van der Waals surface area contributed by atoms with Gasteiger partial charge < -0.3 is 21.1 Å². The lowest BCUT2D eigenvalue weighted by Gasteiger charge is -2.24. The second kappa shape index (κ2) is 6.40. The SMILES string of the molecule is CCC(C)(NC(=O)NCCNC(=O)C1CC1)C(=O)O. The minimum Gasteiger partial charge on any atom is -0.480 e. The molecule has 0 heterocycles. The first-order valence-corrected chi connectivity index (χ1v) is 6.46. The molecule has 1 fully saturated rings. The van der Waals surface area contributed by atoms with Gasteiger partial charge in [0.2, 0.25) is 5.91 Å². The maximum atomic E-state index is 11.5. The average Bonchev–Trinajstić information content (AvgIpc) is 3.18. The first-order valence-electron chi connectivity index (χ1n) is 6.46. The molecule has 19 heavy (non-hydrogen) atoms. The van der Waals surface area contributed by atoms with Crippen LogP contribution in [-0.4, -0.2) is 41.6 Å². The van der Waals surface area contributed by atoms with E-state index in [4.69, 9.17) is 5.11 Å². The number of hydrogen-bond donors (Lipinski definition) is 4. The molecule has 0 aromatic carbocycles. The minimum atomic E-state index is -1.28. The predicted molar refractivity (Wildman–Crippen MR) is 68.6 cm³/mol. The molecule has 4 N–H and O–H groups in total. The van der Waals surface area contributed by atoms with Gasteiger partial charge in [-0.25, -0.2) is 9.59 Å². The van der Waals surface area contributed by atoms with Gasteiger partial charge in [-0.2, -0.15) is 0 Å². The summed E-state index contributed by atoms with van der Waals surface area (Å²) in [6.45, 7) is 3.75. The number of hydrogen-bond acceptors (Lipinski definition) is 3. The van der Waals surface area contributed by atoms with Crippen LogP contribution in [0.1, 0.15) is 33.1 Å². The van der Waals surface area contributed by atoms with Gasteiger partial charge >= 0.3 is 12.0 Å². The van der Waals surface area contributed by atoms with Gasteiger partial charge in [-0.1, -0.05) is 6.92 Å². The van der Waals surface area contributed by atoms with Gasteiger partial charge in [0.25, 0.3) is 0 Å². The van der Waals surface area contributed by atoms with Crippen molar-refractivity contribution in [2.24, 2.45) is 5.92 Å². The predicted octanol–water partition coefficient (Wildman–Crippen LogP) is 0.0651. The van der Waals surface area contributed by atoms with Crippen LogP contribution in [0.25, 0.3) is 0 Å². The van der Waals surface area contributed by atoms with Crippen molar-refractivity contribution < 1.29 is 19.5 Å². The molecule has 108 valence electrons. The van der Waals surface area contributed by atoms with Crippen molar-refractivity contribution >= 4 is 17.9 Å². The molecule has 0 aromatic rings. The lowest BCUT2D eigenvalue weighted by molar-refractivity contribution is -0.143. The lowest BCUT2D eigenvalue weighted by Crippen LogP contribution is -2.55. The number of carbonyl (C=O) groups excluding carboxylic acids is 2. The maximum absolute atomic E-state index is 11.5. The molecule has 0 radical (unpaired) electrons. The molecule has 1 atom stereocenters. The van der Waals surface area contributed by atoms with Gasteiger partial charge in [0.05, 0.1) is 0 Å². The Morgan fingerprint density at radius 1 is 1.21 bits per heavy atom. The number of nitrogens with one attached hydrogen (secondary N) is 3. The highest BCUT2D eigenvalue weighted by Gasteiger charge is 2.32. The number of urea groups is 1. The van der Waals surface area contributed by atoms with Crippen LogP contribution in [0.15, 0.2) is 0 Å². The summed E-state index contributed by atoms with van der Waals surface area (Å²) in [7, 11) is 0. The summed E-state index contributed by atoms with van der Waals surface area (Å²) >= 11 is 0. The smallest absolute Gasteiger partial charge is 0.329 e. The highest BCUT2D eigenvalue weighted by atomic mass is 16.4. The molecule has 1 aliphatic rings. The molecule has 0 aromatic heterocycles. The third-order valence-corrected chi connectivity index (χ3v) is 3.23. The Morgan fingerprint density at radius 2 is 1.79 bits per heavy atom. The van der Waals surface area contributed by atoms with Crippen LogP contribution in [0.5, 0.6) is 0 Å². The topological polar surface area (TPSA) is 108 Å². The Morgan fingerprint density at radius 3 is 2.26 bits per heavy atom. The van der Waals surface area contributed by atoms with Crippen molar-refractivity contribution in [3.8, 4) is 0 Å². The van der Waals surface area contributed by atoms with Gasteiger partial charge in [-0.3, -0.25) is 4.79 Å². The number of rotatable bonds is 7. The quantitative estimate of drug-likeness (QED) is 0.491. The first-order chi connectivity index (χ1) is 8.89. The van der Waals surface area contributed by atoms with Crippen molar-refractivity contribution in [1.29, 1.82) is 0 Å². The highest BCUT2D eigenvalue weighted by molar-refractivity contribution is 5.85. The van der Waals surface area contributed by atoms with Crippen LogP contribution in [0.2, 0.25) is 0 Å². The van der Waals surface area contributed by atoms with Crippen LogP contribution in [0, 0.1) is 5.92 Å². The molecule has 1 aliphatic carbocycles. The van der Waals surface area contributed by atoms with Crippen LogP contribution in [0.3, 0.4) is 0 Å². The minimum absolute atomic E-state index is 0.0196. The summed E-state index contributed by atoms with van der Waals surface area (Å²) in [4.78, 5) is 33.8. The van der Waals surface area contributed by atoms with Gasteiger partial charge in [-0.15, -0.1) is 0 Å². The van der Waals surface area contributed by atoms with Crippen molar-refractivity contribution in [1.82, 2.24) is 16.0 Å². The molecule has 0 aliphatic heterocycles. The van der Waals surface area contributed by atoms with E-state index in [1.54, 1.807) is 6.92 Å². The maximum Gasteiger partial charge on any atom is 0.329 e. The zero-order valence-corrected chi connectivity index (χ0v) is 11.3. The Labute approximate surface area is 112 Å². The zero-order chi connectivity index (χ0) is 14.5. The van der Waals surface area contributed by atoms with E-state index >= 15 is 0 Å². The molecule has 0 bridgehead atoms. The van der Waals surface area contributed by atoms with E-state index in [0.717, 1.165) is 12.8 Å². The van der Waals surface area contributed by atoms with E-state index in [1.807, 2.05) is 0 Å². The van der Waals surface area contributed by atoms with Gasteiger partial charge in [0.15, 0.2) is 0 Å². The Hall–Kier alpha value is -1.79. The molecular formula is C12H21N3O4. The lowest BCUT2D eigenvalue weighted by atomic mass is 10.00. The normalized spacial score (nSPS) is 17.2. The summed E-state index contributed by atoms with van der Waals surface area (Å²) in [5.41, 5.74) is -1.28. The molecule has 3 amide bonds. The highest BCUT2D eigenvalue weighted by Crippen LogP contribution is 2.28. The van der Waals surface area contributed by atoms with Crippen molar-refractivity contribution in [2.75, 3.05) is 13.1 Å². The van der Waals surface area contributed by atoms with Gasteiger partial charge in [-0.05, 0) is 26.2 Å². The van der Waals surface area contributed by atoms with Crippen molar-refractivity contribution in [2.45, 2.75) is 38.6 Å². The summed E-state index contributed by atoms with van der Waals surface area (Å²) in [5.74, 6) is -0.914. The fourth-order valence-corrected chi connectivity index (χ4v) is 1.44. The molecule has 0 saturated heterocycles. The van der Waals surface area contributed by atoms with Crippen molar-refractivity contribution in [3.63, 3.8) is 0 Å². The number of carboxylic acids is 1. The number of carbonyl (C=O) groups is 3. The van der Waals surface area contributed by atoms with Crippen LogP contribution in [0.4, 0.5) is 4.79 Å². The van der Waals surface area contributed by atoms with E-state index in [2.05, 4.69) is 16.0 Å². The molecule has 7 heteroatoms. The summed E-state index contributed by atoms with van der Waals surface area (Å²) in [6.07, 6.45) is 2.16.